The average molecular weight is 365 g/mol. The number of rotatable bonds is 4. The normalized spacial score (nSPS) is 19.1. The molecule has 0 aliphatic carbocycles. The second kappa shape index (κ2) is 7.40. The van der Waals surface area contributed by atoms with Gasteiger partial charge in [0.15, 0.2) is 0 Å². The van der Waals surface area contributed by atoms with Crippen LogP contribution >= 0.6 is 11.6 Å². The summed E-state index contributed by atoms with van der Waals surface area (Å²) < 4.78 is 38.2. The number of carbonyl (C=O) groups is 2. The van der Waals surface area contributed by atoms with Gasteiger partial charge in [0.05, 0.1) is 22.8 Å². The molecule has 1 fully saturated rings. The fourth-order valence-electron chi connectivity index (χ4n) is 2.63. The molecule has 1 amide bonds. The highest BCUT2D eigenvalue weighted by Gasteiger charge is 2.32. The number of carbonyl (C=O) groups excluding carboxylic acids is 1. The highest BCUT2D eigenvalue weighted by Crippen LogP contribution is 2.33. The van der Waals surface area contributed by atoms with Crippen LogP contribution in [0.15, 0.2) is 18.2 Å². The first kappa shape index (κ1) is 18.5. The summed E-state index contributed by atoms with van der Waals surface area (Å²) >= 11 is 5.82. The van der Waals surface area contributed by atoms with Crippen molar-refractivity contribution in [1.29, 1.82) is 0 Å². The quantitative estimate of drug-likeness (QED) is 0.860. The van der Waals surface area contributed by atoms with Gasteiger partial charge in [-0.1, -0.05) is 18.0 Å². The molecule has 1 unspecified atom stereocenters. The van der Waals surface area contributed by atoms with Gasteiger partial charge in [0.25, 0.3) is 0 Å². The highest BCUT2D eigenvalue weighted by molar-refractivity contribution is 6.33. The molecule has 1 aromatic rings. The Bertz CT molecular complexity index is 637. The molecule has 9 heteroatoms. The first-order valence-corrected chi connectivity index (χ1v) is 7.69. The van der Waals surface area contributed by atoms with Crippen molar-refractivity contribution in [3.05, 3.63) is 28.8 Å². The van der Waals surface area contributed by atoms with E-state index in [9.17, 15) is 22.8 Å². The van der Waals surface area contributed by atoms with Crippen molar-refractivity contribution in [3.8, 4) is 0 Å². The minimum atomic E-state index is -4.55. The molecule has 2 rings (SSSR count). The van der Waals surface area contributed by atoms with Crippen molar-refractivity contribution in [1.82, 2.24) is 4.90 Å². The summed E-state index contributed by atoms with van der Waals surface area (Å²) in [6, 6.07) is 1.87. The van der Waals surface area contributed by atoms with Crippen LogP contribution in [-0.4, -0.2) is 41.0 Å². The Kier molecular flexibility index (Phi) is 5.71. The molecule has 24 heavy (non-hydrogen) atoms. The number of carboxylic acids is 1. The van der Waals surface area contributed by atoms with Gasteiger partial charge in [-0.15, -0.1) is 0 Å². The monoisotopic (exact) mass is 364 g/mol. The maximum Gasteiger partial charge on any atom is 0.416 e. The predicted octanol–water partition coefficient (Wildman–Crippen LogP) is 3.24. The fraction of sp³-hybridized carbons (Fsp3) is 0.467. The Morgan fingerprint density at radius 2 is 2.04 bits per heavy atom. The van der Waals surface area contributed by atoms with Crippen molar-refractivity contribution >= 4 is 29.2 Å². The Hall–Kier alpha value is -1.80. The molecule has 1 aliphatic rings. The molecule has 132 valence electrons. The number of benzene rings is 1. The zero-order chi connectivity index (χ0) is 17.9. The number of hydrogen-bond acceptors (Lipinski definition) is 3. The van der Waals surface area contributed by atoms with Crippen LogP contribution in [0.5, 0.6) is 0 Å². The maximum absolute atomic E-state index is 12.7. The number of anilines is 1. The summed E-state index contributed by atoms with van der Waals surface area (Å²) in [6.45, 7) is 0.226. The van der Waals surface area contributed by atoms with Crippen LogP contribution in [0.25, 0.3) is 0 Å². The summed E-state index contributed by atoms with van der Waals surface area (Å²) in [5, 5.41) is 11.5. The zero-order valence-corrected chi connectivity index (χ0v) is 13.3. The van der Waals surface area contributed by atoms with E-state index >= 15 is 0 Å². The van der Waals surface area contributed by atoms with Gasteiger partial charge in [-0.25, -0.2) is 0 Å². The highest BCUT2D eigenvalue weighted by atomic mass is 35.5. The lowest BCUT2D eigenvalue weighted by atomic mass is 10.0. The van der Waals surface area contributed by atoms with E-state index in [1.165, 1.54) is 4.90 Å². The summed E-state index contributed by atoms with van der Waals surface area (Å²) in [4.78, 5) is 24.8. The van der Waals surface area contributed by atoms with Gasteiger partial charge in [0.2, 0.25) is 5.91 Å². The summed E-state index contributed by atoms with van der Waals surface area (Å²) in [7, 11) is 0. The van der Waals surface area contributed by atoms with E-state index in [0.29, 0.717) is 13.0 Å². The summed E-state index contributed by atoms with van der Waals surface area (Å²) in [5.74, 6) is -1.62. The van der Waals surface area contributed by atoms with Crippen LogP contribution in [0.2, 0.25) is 5.02 Å². The number of piperidine rings is 1. The van der Waals surface area contributed by atoms with E-state index in [0.717, 1.165) is 31.0 Å². The van der Waals surface area contributed by atoms with Crippen molar-refractivity contribution < 1.29 is 27.9 Å². The average Bonchev–Trinajstić information content (AvgIpc) is 2.48. The van der Waals surface area contributed by atoms with Gasteiger partial charge in [-0.05, 0) is 37.6 Å². The molecular weight excluding hydrogens is 349 g/mol. The molecule has 1 aliphatic heterocycles. The van der Waals surface area contributed by atoms with Crippen LogP contribution in [0, 0.1) is 0 Å². The van der Waals surface area contributed by atoms with E-state index in [-0.39, 0.29) is 17.3 Å². The second-order valence-corrected chi connectivity index (χ2v) is 5.97. The minimum absolute atomic E-state index is 0.0234. The van der Waals surface area contributed by atoms with Crippen molar-refractivity contribution in [2.24, 2.45) is 0 Å². The minimum Gasteiger partial charge on any atom is -0.480 e. The van der Waals surface area contributed by atoms with E-state index < -0.39 is 29.7 Å². The standard InChI is InChI=1S/C15H16ClF3N2O3/c16-10-5-4-9(15(17,18)19)7-11(10)20-13(22)8-21-6-2-1-3-12(21)14(23)24/h4-5,7,12H,1-3,6,8H2,(H,20,22)(H,23,24). The number of halogens is 4. The molecule has 0 aromatic heterocycles. The number of aliphatic carboxylic acids is 1. The number of likely N-dealkylation sites (tertiary alicyclic amines) is 1. The SMILES string of the molecule is O=C(CN1CCCCC1C(=O)O)Nc1cc(C(F)(F)F)ccc1Cl. The molecule has 0 saturated carbocycles. The molecule has 1 heterocycles. The lowest BCUT2D eigenvalue weighted by molar-refractivity contribution is -0.145. The molecule has 5 nitrogen and oxygen atoms in total. The molecular formula is C15H16ClF3N2O3. The van der Waals surface area contributed by atoms with Gasteiger partial charge in [-0.3, -0.25) is 14.5 Å². The molecule has 1 aromatic carbocycles. The lowest BCUT2D eigenvalue weighted by Gasteiger charge is -2.32. The van der Waals surface area contributed by atoms with Crippen LogP contribution in [0.4, 0.5) is 18.9 Å². The van der Waals surface area contributed by atoms with Crippen LogP contribution in [0.1, 0.15) is 24.8 Å². The van der Waals surface area contributed by atoms with Crippen LogP contribution in [0.3, 0.4) is 0 Å². The fourth-order valence-corrected chi connectivity index (χ4v) is 2.80. The predicted molar refractivity (Wildman–Crippen MR) is 81.9 cm³/mol. The van der Waals surface area contributed by atoms with Gasteiger partial charge < -0.3 is 10.4 Å². The van der Waals surface area contributed by atoms with Crippen LogP contribution in [-0.2, 0) is 15.8 Å². The lowest BCUT2D eigenvalue weighted by Crippen LogP contribution is -2.47. The Balaban J connectivity index is 2.08. The van der Waals surface area contributed by atoms with Crippen LogP contribution < -0.4 is 5.32 Å². The van der Waals surface area contributed by atoms with Gasteiger partial charge in [0.1, 0.15) is 6.04 Å². The maximum atomic E-state index is 12.7. The number of amides is 1. The Morgan fingerprint density at radius 1 is 1.33 bits per heavy atom. The smallest absolute Gasteiger partial charge is 0.416 e. The molecule has 0 radical (unpaired) electrons. The summed E-state index contributed by atoms with van der Waals surface area (Å²) in [5.41, 5.74) is -1.08. The van der Waals surface area contributed by atoms with Gasteiger partial charge >= 0.3 is 12.1 Å². The van der Waals surface area contributed by atoms with E-state index in [1.54, 1.807) is 0 Å². The third-order valence-corrected chi connectivity index (χ3v) is 4.14. The number of carboxylic acid groups (broad SMARTS) is 1. The van der Waals surface area contributed by atoms with Gasteiger partial charge in [-0.2, -0.15) is 13.2 Å². The third-order valence-electron chi connectivity index (χ3n) is 3.81. The third kappa shape index (κ3) is 4.61. The van der Waals surface area contributed by atoms with E-state index in [4.69, 9.17) is 16.7 Å². The Morgan fingerprint density at radius 3 is 2.67 bits per heavy atom. The topological polar surface area (TPSA) is 69.6 Å². The first-order valence-electron chi connectivity index (χ1n) is 7.32. The van der Waals surface area contributed by atoms with Crippen molar-refractivity contribution in [2.75, 3.05) is 18.4 Å². The van der Waals surface area contributed by atoms with Crippen molar-refractivity contribution in [2.45, 2.75) is 31.5 Å². The first-order chi connectivity index (χ1) is 11.2. The number of alkyl halides is 3. The van der Waals surface area contributed by atoms with E-state index in [1.807, 2.05) is 0 Å². The molecule has 0 bridgehead atoms. The molecule has 0 spiro atoms. The van der Waals surface area contributed by atoms with E-state index in [2.05, 4.69) is 5.32 Å². The molecule has 1 saturated heterocycles. The molecule has 1 atom stereocenters. The molecule has 2 N–H and O–H groups in total. The van der Waals surface area contributed by atoms with Gasteiger partial charge in [0, 0.05) is 0 Å². The zero-order valence-electron chi connectivity index (χ0n) is 12.6. The second-order valence-electron chi connectivity index (χ2n) is 5.56. The number of nitrogens with one attached hydrogen (secondary N) is 1. The summed E-state index contributed by atoms with van der Waals surface area (Å²) in [6.07, 6.45) is -2.59. The largest absolute Gasteiger partial charge is 0.480 e. The Labute approximate surface area is 141 Å². The number of nitrogens with zero attached hydrogens (tertiary/aromatic N) is 1. The number of hydrogen-bond donors (Lipinski definition) is 2. The van der Waals surface area contributed by atoms with Crippen molar-refractivity contribution in [3.63, 3.8) is 0 Å².